The fourth-order valence-corrected chi connectivity index (χ4v) is 0. The van der Waals surface area contributed by atoms with Gasteiger partial charge in [-0.05, 0) is 12.7 Å². The molecule has 2 nitrogen and oxygen atoms in total. The summed E-state index contributed by atoms with van der Waals surface area (Å²) in [5.74, 6) is 0. The first-order valence-corrected chi connectivity index (χ1v) is 1.61. The normalized spacial score (nSPS) is 12.5. The minimum atomic E-state index is -1.37. The van der Waals surface area contributed by atoms with E-state index in [1.165, 1.54) is 0 Å². The van der Waals surface area contributed by atoms with Crippen LogP contribution in [0.4, 0.5) is 0 Å². The van der Waals surface area contributed by atoms with E-state index in [9.17, 15) is 5.11 Å². The molecular formula is C3H7KO2. The molecule has 0 saturated heterocycles. The summed E-state index contributed by atoms with van der Waals surface area (Å²) in [6, 6.07) is 0. The quantitative estimate of drug-likeness (QED) is 0.279. The largest absolute Gasteiger partial charge is 1.00 e. The van der Waals surface area contributed by atoms with E-state index in [0.29, 0.717) is 6.42 Å². The van der Waals surface area contributed by atoms with Crippen LogP contribution >= 0.6 is 0 Å². The van der Waals surface area contributed by atoms with Gasteiger partial charge in [-0.25, -0.2) is 0 Å². The molecule has 1 N–H and O–H groups in total. The molecule has 1 unspecified atom stereocenters. The van der Waals surface area contributed by atoms with Gasteiger partial charge in [-0.2, -0.15) is 0 Å². The smallest absolute Gasteiger partial charge is 0.831 e. The van der Waals surface area contributed by atoms with Gasteiger partial charge in [0.05, 0.1) is 0 Å². The number of hydrogen-bond acceptors (Lipinski definition) is 2. The molecule has 0 amide bonds. The Bertz CT molecular complexity index is 22.8. The number of aliphatic hydroxyl groups is 1. The number of aliphatic hydroxyl groups excluding tert-OH is 1. The average Bonchev–Trinajstić information content (AvgIpc) is 1.38. The van der Waals surface area contributed by atoms with Crippen molar-refractivity contribution in [1.29, 1.82) is 0 Å². The first kappa shape index (κ1) is 10.5. The van der Waals surface area contributed by atoms with Crippen molar-refractivity contribution in [1.82, 2.24) is 0 Å². The summed E-state index contributed by atoms with van der Waals surface area (Å²) in [4.78, 5) is 0. The fourth-order valence-electron chi connectivity index (χ4n) is 0. The SMILES string of the molecule is CCC([O-])O.[K+]. The molecule has 0 radical (unpaired) electrons. The Kier molecular flexibility index (Phi) is 11.5. The summed E-state index contributed by atoms with van der Waals surface area (Å²) >= 11 is 0. The van der Waals surface area contributed by atoms with E-state index in [0.717, 1.165) is 0 Å². The molecule has 0 fully saturated rings. The van der Waals surface area contributed by atoms with Crippen LogP contribution in [0.5, 0.6) is 0 Å². The van der Waals surface area contributed by atoms with Crippen LogP contribution in [-0.4, -0.2) is 11.4 Å². The maximum Gasteiger partial charge on any atom is 1.00 e. The minimum absolute atomic E-state index is 0. The predicted molar refractivity (Wildman–Crippen MR) is 16.3 cm³/mol. The third-order valence-corrected chi connectivity index (χ3v) is 0.349. The summed E-state index contributed by atoms with van der Waals surface area (Å²) in [6.45, 7) is 1.64. The Hall–Kier alpha value is 1.56. The summed E-state index contributed by atoms with van der Waals surface area (Å²) in [7, 11) is 0. The zero-order chi connectivity index (χ0) is 4.28. The molecule has 0 aromatic heterocycles. The van der Waals surface area contributed by atoms with Gasteiger partial charge >= 0.3 is 51.4 Å². The van der Waals surface area contributed by atoms with Crippen molar-refractivity contribution < 1.29 is 61.6 Å². The van der Waals surface area contributed by atoms with Gasteiger partial charge in [0.25, 0.3) is 0 Å². The average molecular weight is 114 g/mol. The first-order chi connectivity index (χ1) is 2.27. The molecule has 0 rings (SSSR count). The van der Waals surface area contributed by atoms with Gasteiger partial charge in [-0.1, -0.05) is 6.92 Å². The Labute approximate surface area is 80.0 Å². The first-order valence-electron chi connectivity index (χ1n) is 1.61. The van der Waals surface area contributed by atoms with Gasteiger partial charge < -0.3 is 10.2 Å². The Morgan fingerprint density at radius 2 is 2.00 bits per heavy atom. The Balaban J connectivity index is 0. The number of rotatable bonds is 1. The summed E-state index contributed by atoms with van der Waals surface area (Å²) in [5.41, 5.74) is 0. The molecular weight excluding hydrogens is 107 g/mol. The molecule has 0 aromatic carbocycles. The molecule has 0 heterocycles. The van der Waals surface area contributed by atoms with Crippen LogP contribution in [0.2, 0.25) is 0 Å². The molecule has 0 aliphatic heterocycles. The van der Waals surface area contributed by atoms with Crippen molar-refractivity contribution in [3.63, 3.8) is 0 Å². The van der Waals surface area contributed by atoms with E-state index >= 15 is 0 Å². The van der Waals surface area contributed by atoms with Crippen molar-refractivity contribution >= 4 is 0 Å². The third kappa shape index (κ3) is 9.12. The Morgan fingerprint density at radius 1 is 1.83 bits per heavy atom. The van der Waals surface area contributed by atoms with Crippen molar-refractivity contribution in [3.8, 4) is 0 Å². The van der Waals surface area contributed by atoms with Crippen LogP contribution in [0.15, 0.2) is 0 Å². The maximum absolute atomic E-state index is 9.45. The fraction of sp³-hybridized carbons (Fsp3) is 1.00. The van der Waals surface area contributed by atoms with Gasteiger partial charge in [0.15, 0.2) is 0 Å². The van der Waals surface area contributed by atoms with Gasteiger partial charge in [0.1, 0.15) is 0 Å². The summed E-state index contributed by atoms with van der Waals surface area (Å²) in [5, 5.41) is 17.3. The van der Waals surface area contributed by atoms with Crippen LogP contribution in [-0.2, 0) is 0 Å². The molecule has 0 aromatic rings. The van der Waals surface area contributed by atoms with Crippen LogP contribution in [0.25, 0.3) is 0 Å². The topological polar surface area (TPSA) is 43.3 Å². The predicted octanol–water partition coefficient (Wildman–Crippen LogP) is -3.92. The molecule has 0 aliphatic rings. The summed E-state index contributed by atoms with van der Waals surface area (Å²) < 4.78 is 0. The minimum Gasteiger partial charge on any atom is -0.831 e. The standard InChI is InChI=1S/C3H7O2.K/c1-2-3(4)5;/h3-4H,2H2,1H3;/q-1;+1. The Morgan fingerprint density at radius 3 is 2.00 bits per heavy atom. The van der Waals surface area contributed by atoms with Crippen LogP contribution in [0.3, 0.4) is 0 Å². The van der Waals surface area contributed by atoms with Crippen LogP contribution in [0.1, 0.15) is 13.3 Å². The monoisotopic (exact) mass is 114 g/mol. The second-order valence-electron chi connectivity index (χ2n) is 0.863. The van der Waals surface area contributed by atoms with E-state index < -0.39 is 6.29 Å². The second-order valence-corrected chi connectivity index (χ2v) is 0.863. The van der Waals surface area contributed by atoms with E-state index in [1.54, 1.807) is 6.92 Å². The number of hydrogen-bond donors (Lipinski definition) is 1. The van der Waals surface area contributed by atoms with Crippen molar-refractivity contribution in [2.75, 3.05) is 0 Å². The zero-order valence-electron chi connectivity index (χ0n) is 4.14. The maximum atomic E-state index is 9.45. The molecule has 3 heteroatoms. The van der Waals surface area contributed by atoms with Gasteiger partial charge in [-0.15, -0.1) is 0 Å². The molecule has 0 spiro atoms. The van der Waals surface area contributed by atoms with Crippen molar-refractivity contribution in [2.45, 2.75) is 19.6 Å². The molecule has 1 atom stereocenters. The van der Waals surface area contributed by atoms with E-state index in [4.69, 9.17) is 5.11 Å². The molecule has 32 valence electrons. The molecule has 0 saturated carbocycles. The summed E-state index contributed by atoms with van der Waals surface area (Å²) in [6.07, 6.45) is -1.06. The molecule has 0 aliphatic carbocycles. The molecule has 0 bridgehead atoms. The zero-order valence-corrected chi connectivity index (χ0v) is 7.26. The van der Waals surface area contributed by atoms with Crippen molar-refractivity contribution in [2.24, 2.45) is 0 Å². The van der Waals surface area contributed by atoms with E-state index in [1.807, 2.05) is 0 Å². The van der Waals surface area contributed by atoms with Crippen LogP contribution in [0, 0.1) is 0 Å². The second kappa shape index (κ2) is 6.56. The molecule has 6 heavy (non-hydrogen) atoms. The van der Waals surface area contributed by atoms with Gasteiger partial charge in [0.2, 0.25) is 0 Å². The third-order valence-electron chi connectivity index (χ3n) is 0.349. The van der Waals surface area contributed by atoms with Crippen molar-refractivity contribution in [3.05, 3.63) is 0 Å². The van der Waals surface area contributed by atoms with E-state index in [-0.39, 0.29) is 51.4 Å². The van der Waals surface area contributed by atoms with Gasteiger partial charge in [0, 0.05) is 0 Å². The van der Waals surface area contributed by atoms with Crippen LogP contribution < -0.4 is 56.5 Å². The van der Waals surface area contributed by atoms with Gasteiger partial charge in [-0.3, -0.25) is 0 Å². The van der Waals surface area contributed by atoms with E-state index in [2.05, 4.69) is 0 Å².